The number of carbonyl (C=O) groups excluding carboxylic acids is 1. The molecule has 2 aliphatic rings. The van der Waals surface area contributed by atoms with Crippen LogP contribution in [0.3, 0.4) is 0 Å². The lowest BCUT2D eigenvalue weighted by molar-refractivity contribution is 0.0303. The van der Waals surface area contributed by atoms with E-state index >= 15 is 4.39 Å². The van der Waals surface area contributed by atoms with Crippen molar-refractivity contribution < 1.29 is 18.7 Å². The maximum absolute atomic E-state index is 15.2. The average molecular weight is 550 g/mol. The molecule has 7 rings (SSSR count). The van der Waals surface area contributed by atoms with Crippen LogP contribution in [0.4, 0.5) is 4.39 Å². The lowest BCUT2D eigenvalue weighted by Gasteiger charge is -2.37. The first-order valence-electron chi connectivity index (χ1n) is 13.7. The first-order chi connectivity index (χ1) is 19.9. The number of H-pyrrole nitrogens is 1. The van der Waals surface area contributed by atoms with Gasteiger partial charge in [0.2, 0.25) is 5.88 Å². The summed E-state index contributed by atoms with van der Waals surface area (Å²) < 4.78 is 26.7. The van der Waals surface area contributed by atoms with Crippen molar-refractivity contribution in [1.82, 2.24) is 24.8 Å². The van der Waals surface area contributed by atoms with E-state index in [9.17, 15) is 4.79 Å². The van der Waals surface area contributed by atoms with Gasteiger partial charge in [0.15, 0.2) is 17.2 Å². The largest absolute Gasteiger partial charge is 0.435 e. The standard InChI is InChI=1S/C32H28FN5O3/c1-32(2,31-36-25-7-4-14-34-28(25)37-31)26-21-5-3-6-23(33)27(21)41-29-22(26)12-13-24(35-29)19-8-10-20(11-9-19)30(39)38-15-17-40-18-16-38/h3-14,26H,15-18H2,1-2H3,(H,34,36,37). The van der Waals surface area contributed by atoms with Gasteiger partial charge in [-0.15, -0.1) is 0 Å². The minimum atomic E-state index is -0.591. The topological polar surface area (TPSA) is 93.2 Å². The van der Waals surface area contributed by atoms with Crippen molar-refractivity contribution in [3.63, 3.8) is 0 Å². The lowest BCUT2D eigenvalue weighted by atomic mass is 9.69. The quantitative estimate of drug-likeness (QED) is 0.303. The molecule has 0 bridgehead atoms. The Morgan fingerprint density at radius 1 is 0.976 bits per heavy atom. The molecule has 8 nitrogen and oxygen atoms in total. The number of carbonyl (C=O) groups is 1. The van der Waals surface area contributed by atoms with Gasteiger partial charge in [-0.1, -0.05) is 44.2 Å². The second-order valence-corrected chi connectivity index (χ2v) is 10.9. The number of aromatic nitrogens is 4. The maximum atomic E-state index is 15.2. The summed E-state index contributed by atoms with van der Waals surface area (Å²) in [6, 6.07) is 20.1. The van der Waals surface area contributed by atoms with Gasteiger partial charge in [0.25, 0.3) is 5.91 Å². The monoisotopic (exact) mass is 549 g/mol. The molecule has 3 aromatic heterocycles. The van der Waals surface area contributed by atoms with Crippen LogP contribution >= 0.6 is 0 Å². The van der Waals surface area contributed by atoms with E-state index in [4.69, 9.17) is 19.4 Å². The van der Waals surface area contributed by atoms with Crippen molar-refractivity contribution in [2.45, 2.75) is 25.2 Å². The molecule has 0 spiro atoms. The molecule has 9 heteroatoms. The maximum Gasteiger partial charge on any atom is 0.254 e. The fraction of sp³-hybridized carbons (Fsp3) is 0.250. The highest BCUT2D eigenvalue weighted by atomic mass is 19.1. The molecule has 0 radical (unpaired) electrons. The third kappa shape index (κ3) is 4.33. The molecule has 0 saturated carbocycles. The van der Waals surface area contributed by atoms with Crippen LogP contribution in [0, 0.1) is 5.82 Å². The normalized spacial score (nSPS) is 16.7. The molecule has 0 aliphatic carbocycles. The highest BCUT2D eigenvalue weighted by Gasteiger charge is 2.43. The summed E-state index contributed by atoms with van der Waals surface area (Å²) in [5, 5.41) is 0. The fourth-order valence-electron chi connectivity index (χ4n) is 5.83. The number of hydrogen-bond acceptors (Lipinski definition) is 6. The van der Waals surface area contributed by atoms with E-state index in [1.807, 2.05) is 54.6 Å². The van der Waals surface area contributed by atoms with Gasteiger partial charge in [-0.05, 0) is 36.4 Å². The molecule has 1 N–H and O–H groups in total. The Morgan fingerprint density at radius 3 is 2.56 bits per heavy atom. The number of hydrogen-bond donors (Lipinski definition) is 1. The Kier molecular flexibility index (Phi) is 6.04. The van der Waals surface area contributed by atoms with E-state index in [0.29, 0.717) is 49.1 Å². The molecule has 5 heterocycles. The van der Waals surface area contributed by atoms with E-state index in [0.717, 1.165) is 28.0 Å². The second kappa shape index (κ2) is 9.78. The molecule has 5 aromatic rings. The zero-order valence-electron chi connectivity index (χ0n) is 22.7. The fourth-order valence-corrected chi connectivity index (χ4v) is 5.83. The summed E-state index contributed by atoms with van der Waals surface area (Å²) in [4.78, 5) is 32.1. The third-order valence-electron chi connectivity index (χ3n) is 8.02. The van der Waals surface area contributed by atoms with Crippen LogP contribution in [0.15, 0.2) is 72.9 Å². The number of halogens is 1. The van der Waals surface area contributed by atoms with E-state index in [1.165, 1.54) is 6.07 Å². The van der Waals surface area contributed by atoms with Crippen molar-refractivity contribution >= 4 is 17.1 Å². The number of nitrogens with zero attached hydrogens (tertiary/aromatic N) is 4. The smallest absolute Gasteiger partial charge is 0.254 e. The minimum Gasteiger partial charge on any atom is -0.435 e. The summed E-state index contributed by atoms with van der Waals surface area (Å²) in [5.41, 5.74) is 4.56. The van der Waals surface area contributed by atoms with Crippen molar-refractivity contribution in [1.29, 1.82) is 0 Å². The molecular weight excluding hydrogens is 521 g/mol. The van der Waals surface area contributed by atoms with Crippen molar-refractivity contribution in [2.75, 3.05) is 26.3 Å². The summed E-state index contributed by atoms with van der Waals surface area (Å²) in [7, 11) is 0. The van der Waals surface area contributed by atoms with Crippen LogP contribution in [-0.2, 0) is 10.2 Å². The van der Waals surface area contributed by atoms with Gasteiger partial charge in [0.05, 0.1) is 18.9 Å². The number of ether oxygens (including phenoxy) is 2. The molecular formula is C32H28FN5O3. The number of imidazole rings is 1. The number of amides is 1. The number of fused-ring (bicyclic) bond motifs is 3. The zero-order chi connectivity index (χ0) is 28.1. The van der Waals surface area contributed by atoms with Crippen LogP contribution in [0.25, 0.3) is 22.4 Å². The average Bonchev–Trinajstić information content (AvgIpc) is 3.46. The molecule has 1 fully saturated rings. The lowest BCUT2D eigenvalue weighted by Crippen LogP contribution is -2.40. The van der Waals surface area contributed by atoms with Gasteiger partial charge in [0.1, 0.15) is 11.3 Å². The predicted molar refractivity (Wildman–Crippen MR) is 152 cm³/mol. The Morgan fingerprint density at radius 2 is 1.78 bits per heavy atom. The van der Waals surface area contributed by atoms with Gasteiger partial charge in [-0.2, -0.15) is 0 Å². The Balaban J connectivity index is 1.27. The molecule has 1 unspecified atom stereocenters. The number of rotatable bonds is 4. The highest BCUT2D eigenvalue weighted by Crippen LogP contribution is 2.52. The molecule has 2 aliphatic heterocycles. The first kappa shape index (κ1) is 25.3. The van der Waals surface area contributed by atoms with Crippen LogP contribution in [-0.4, -0.2) is 57.0 Å². The molecule has 1 saturated heterocycles. The van der Waals surface area contributed by atoms with Crippen molar-refractivity contribution in [3.05, 3.63) is 101 Å². The van der Waals surface area contributed by atoms with Crippen LogP contribution in [0.1, 0.15) is 47.1 Å². The van der Waals surface area contributed by atoms with Crippen molar-refractivity contribution in [3.8, 4) is 22.9 Å². The summed E-state index contributed by atoms with van der Waals surface area (Å²) in [6.07, 6.45) is 1.72. The van der Waals surface area contributed by atoms with E-state index in [2.05, 4.69) is 23.8 Å². The first-order valence-corrected chi connectivity index (χ1v) is 13.7. The van der Waals surface area contributed by atoms with Gasteiger partial charge in [-0.25, -0.2) is 19.3 Å². The zero-order valence-corrected chi connectivity index (χ0v) is 22.7. The van der Waals surface area contributed by atoms with Gasteiger partial charge in [-0.3, -0.25) is 4.79 Å². The van der Waals surface area contributed by atoms with Crippen molar-refractivity contribution in [2.24, 2.45) is 0 Å². The molecule has 206 valence electrons. The number of aromatic amines is 1. The van der Waals surface area contributed by atoms with E-state index in [1.54, 1.807) is 17.2 Å². The molecule has 1 amide bonds. The summed E-state index contributed by atoms with van der Waals surface area (Å²) >= 11 is 0. The summed E-state index contributed by atoms with van der Waals surface area (Å²) in [5.74, 6) is 0.499. The van der Waals surface area contributed by atoms with Gasteiger partial charge < -0.3 is 19.4 Å². The Bertz CT molecular complexity index is 1740. The van der Waals surface area contributed by atoms with Crippen LogP contribution < -0.4 is 4.74 Å². The number of pyridine rings is 2. The van der Waals surface area contributed by atoms with E-state index in [-0.39, 0.29) is 17.6 Å². The van der Waals surface area contributed by atoms with Crippen LogP contribution in [0.5, 0.6) is 11.6 Å². The Labute approximate surface area is 236 Å². The molecule has 2 aromatic carbocycles. The van der Waals surface area contributed by atoms with E-state index < -0.39 is 11.2 Å². The number of para-hydroxylation sites is 1. The molecule has 1 atom stereocenters. The SMILES string of the molecule is CC(C)(c1nc2cccnc2[nH]1)C1c2ccc(-c3ccc(C(=O)N4CCOCC4)cc3)nc2Oc2c(F)cccc21. The second-order valence-electron chi connectivity index (χ2n) is 10.9. The number of morpholine rings is 1. The predicted octanol–water partition coefficient (Wildman–Crippen LogP) is 5.85. The van der Waals surface area contributed by atoms with Gasteiger partial charge in [0, 0.05) is 52.9 Å². The number of nitrogens with one attached hydrogen (secondary N) is 1. The van der Waals surface area contributed by atoms with Crippen LogP contribution in [0.2, 0.25) is 0 Å². The number of benzene rings is 2. The summed E-state index contributed by atoms with van der Waals surface area (Å²) in [6.45, 7) is 6.44. The molecule has 41 heavy (non-hydrogen) atoms. The minimum absolute atomic E-state index is 0.0143. The van der Waals surface area contributed by atoms with Gasteiger partial charge >= 0.3 is 0 Å². The Hall–Kier alpha value is -4.63. The highest BCUT2D eigenvalue weighted by molar-refractivity contribution is 5.94. The third-order valence-corrected chi connectivity index (χ3v) is 8.02.